The number of hydrogen-bond acceptors (Lipinski definition) is 3. The van der Waals surface area contributed by atoms with Crippen molar-refractivity contribution in [2.75, 3.05) is 13.2 Å². The fourth-order valence-electron chi connectivity index (χ4n) is 2.70. The molecule has 116 valence electrons. The number of rotatable bonds is 2. The quantitative estimate of drug-likeness (QED) is 0.906. The number of carbonyl (C=O) groups is 1. The average Bonchev–Trinajstić information content (AvgIpc) is 2.81. The van der Waals surface area contributed by atoms with Gasteiger partial charge < -0.3 is 14.7 Å². The Morgan fingerprint density at radius 3 is 2.67 bits per heavy atom. The number of aromatic hydroxyl groups is 1. The van der Waals surface area contributed by atoms with E-state index in [0.717, 1.165) is 0 Å². The Balaban J connectivity index is 2.29. The van der Waals surface area contributed by atoms with Crippen LogP contribution in [0.2, 0.25) is 0 Å². The van der Waals surface area contributed by atoms with E-state index in [4.69, 9.17) is 4.74 Å². The standard InChI is InChI=1S/C16H22FNO3/c1-16(2,3)21-15(20)18-9-8-11(10-17)14(18)12-6-4-5-7-13(12)19/h4-7,11,14,19H,8-10H2,1-3H3. The first-order chi connectivity index (χ1) is 9.83. The minimum Gasteiger partial charge on any atom is -0.508 e. The van der Waals surface area contributed by atoms with Gasteiger partial charge in [0.15, 0.2) is 0 Å². The second-order valence-corrected chi connectivity index (χ2v) is 6.38. The highest BCUT2D eigenvalue weighted by atomic mass is 19.1. The van der Waals surface area contributed by atoms with Crippen molar-refractivity contribution in [2.24, 2.45) is 5.92 Å². The van der Waals surface area contributed by atoms with E-state index in [2.05, 4.69) is 0 Å². The van der Waals surface area contributed by atoms with Crippen LogP contribution in [0.4, 0.5) is 9.18 Å². The number of phenolic OH excluding ortho intramolecular Hbond substituents is 1. The normalized spacial score (nSPS) is 22.4. The van der Waals surface area contributed by atoms with Crippen LogP contribution in [0.25, 0.3) is 0 Å². The summed E-state index contributed by atoms with van der Waals surface area (Å²) in [5.74, 6) is -0.234. The van der Waals surface area contributed by atoms with Crippen molar-refractivity contribution in [3.05, 3.63) is 29.8 Å². The monoisotopic (exact) mass is 295 g/mol. The van der Waals surface area contributed by atoms with E-state index in [0.29, 0.717) is 18.5 Å². The van der Waals surface area contributed by atoms with Gasteiger partial charge in [-0.1, -0.05) is 18.2 Å². The molecular weight excluding hydrogens is 273 g/mol. The van der Waals surface area contributed by atoms with Crippen LogP contribution in [-0.2, 0) is 4.74 Å². The van der Waals surface area contributed by atoms with E-state index >= 15 is 0 Å². The fraction of sp³-hybridized carbons (Fsp3) is 0.562. The lowest BCUT2D eigenvalue weighted by Crippen LogP contribution is -2.37. The van der Waals surface area contributed by atoms with Crippen molar-refractivity contribution in [3.8, 4) is 5.75 Å². The van der Waals surface area contributed by atoms with Gasteiger partial charge in [0.05, 0.1) is 12.7 Å². The van der Waals surface area contributed by atoms with Crippen molar-refractivity contribution in [2.45, 2.75) is 38.8 Å². The Kier molecular flexibility index (Phi) is 4.40. The maximum absolute atomic E-state index is 13.3. The molecule has 0 spiro atoms. The van der Waals surface area contributed by atoms with E-state index in [1.54, 1.807) is 45.0 Å². The zero-order valence-electron chi connectivity index (χ0n) is 12.7. The van der Waals surface area contributed by atoms with Gasteiger partial charge in [0.2, 0.25) is 0 Å². The molecular formula is C16H22FNO3. The summed E-state index contributed by atoms with van der Waals surface area (Å²) in [4.78, 5) is 13.8. The summed E-state index contributed by atoms with van der Waals surface area (Å²) in [6.45, 7) is 5.29. The largest absolute Gasteiger partial charge is 0.508 e. The van der Waals surface area contributed by atoms with Crippen LogP contribution < -0.4 is 0 Å². The van der Waals surface area contributed by atoms with Crippen molar-refractivity contribution in [3.63, 3.8) is 0 Å². The van der Waals surface area contributed by atoms with Crippen molar-refractivity contribution in [1.29, 1.82) is 0 Å². The van der Waals surface area contributed by atoms with Crippen molar-refractivity contribution < 1.29 is 19.0 Å². The zero-order chi connectivity index (χ0) is 15.6. The maximum atomic E-state index is 13.3. The Morgan fingerprint density at radius 2 is 2.10 bits per heavy atom. The van der Waals surface area contributed by atoms with E-state index in [1.165, 1.54) is 4.90 Å². The summed E-state index contributed by atoms with van der Waals surface area (Å²) < 4.78 is 18.7. The number of likely N-dealkylation sites (tertiary alicyclic amines) is 1. The summed E-state index contributed by atoms with van der Waals surface area (Å²) in [5, 5.41) is 10.0. The summed E-state index contributed by atoms with van der Waals surface area (Å²) in [5.41, 5.74) is -0.0303. The first kappa shape index (κ1) is 15.6. The first-order valence-electron chi connectivity index (χ1n) is 7.17. The van der Waals surface area contributed by atoms with E-state index in [-0.39, 0.29) is 11.7 Å². The molecule has 2 rings (SSSR count). The number of phenols is 1. The molecule has 1 heterocycles. The number of halogens is 1. The molecule has 0 radical (unpaired) electrons. The second kappa shape index (κ2) is 5.92. The van der Waals surface area contributed by atoms with Gasteiger partial charge in [-0.25, -0.2) is 4.79 Å². The van der Waals surface area contributed by atoms with Crippen LogP contribution in [0.15, 0.2) is 24.3 Å². The maximum Gasteiger partial charge on any atom is 0.410 e. The molecule has 1 fully saturated rings. The molecule has 1 N–H and O–H groups in total. The highest BCUT2D eigenvalue weighted by molar-refractivity contribution is 5.69. The van der Waals surface area contributed by atoms with Crippen LogP contribution in [0.5, 0.6) is 5.75 Å². The molecule has 0 aromatic heterocycles. The Hall–Kier alpha value is -1.78. The number of alkyl halides is 1. The molecule has 0 aliphatic carbocycles. The van der Waals surface area contributed by atoms with Gasteiger partial charge in [0.1, 0.15) is 11.4 Å². The Labute approximate surface area is 124 Å². The Bertz CT molecular complexity index is 512. The van der Waals surface area contributed by atoms with Crippen LogP contribution in [0, 0.1) is 5.92 Å². The molecule has 1 aromatic carbocycles. The molecule has 0 bridgehead atoms. The molecule has 5 heteroatoms. The SMILES string of the molecule is CC(C)(C)OC(=O)N1CCC(CF)C1c1ccccc1O. The summed E-state index contributed by atoms with van der Waals surface area (Å²) >= 11 is 0. The number of amides is 1. The summed E-state index contributed by atoms with van der Waals surface area (Å²) in [7, 11) is 0. The third-order valence-corrected chi connectivity index (χ3v) is 3.60. The Morgan fingerprint density at radius 1 is 1.43 bits per heavy atom. The van der Waals surface area contributed by atoms with Crippen LogP contribution in [-0.4, -0.2) is 34.9 Å². The van der Waals surface area contributed by atoms with Gasteiger partial charge in [-0.3, -0.25) is 4.39 Å². The minimum absolute atomic E-state index is 0.0800. The number of para-hydroxylation sites is 1. The number of nitrogens with zero attached hydrogens (tertiary/aromatic N) is 1. The van der Waals surface area contributed by atoms with E-state index in [1.807, 2.05) is 0 Å². The van der Waals surface area contributed by atoms with Gasteiger partial charge in [-0.15, -0.1) is 0 Å². The fourth-order valence-corrected chi connectivity index (χ4v) is 2.70. The molecule has 1 amide bonds. The highest BCUT2D eigenvalue weighted by Crippen LogP contribution is 2.41. The number of benzene rings is 1. The van der Waals surface area contributed by atoms with Gasteiger partial charge in [-0.2, -0.15) is 0 Å². The van der Waals surface area contributed by atoms with Crippen molar-refractivity contribution in [1.82, 2.24) is 4.90 Å². The molecule has 21 heavy (non-hydrogen) atoms. The van der Waals surface area contributed by atoms with Gasteiger partial charge in [0.25, 0.3) is 0 Å². The molecule has 1 aliphatic heterocycles. The lowest BCUT2D eigenvalue weighted by molar-refractivity contribution is 0.0199. The first-order valence-corrected chi connectivity index (χ1v) is 7.17. The predicted octanol–water partition coefficient (Wildman–Crippen LogP) is 3.66. The minimum atomic E-state index is -0.603. The number of hydrogen-bond donors (Lipinski definition) is 1. The van der Waals surface area contributed by atoms with Crippen LogP contribution >= 0.6 is 0 Å². The van der Waals surface area contributed by atoms with E-state index < -0.39 is 24.4 Å². The van der Waals surface area contributed by atoms with Gasteiger partial charge >= 0.3 is 6.09 Å². The summed E-state index contributed by atoms with van der Waals surface area (Å²) in [6, 6.07) is 6.28. The molecule has 4 nitrogen and oxygen atoms in total. The van der Waals surface area contributed by atoms with Crippen molar-refractivity contribution >= 4 is 6.09 Å². The lowest BCUT2D eigenvalue weighted by atomic mass is 9.94. The molecule has 0 saturated carbocycles. The molecule has 2 atom stereocenters. The van der Waals surface area contributed by atoms with E-state index in [9.17, 15) is 14.3 Å². The smallest absolute Gasteiger partial charge is 0.410 e. The predicted molar refractivity (Wildman–Crippen MR) is 77.9 cm³/mol. The van der Waals surface area contributed by atoms with Gasteiger partial charge in [-0.05, 0) is 33.3 Å². The average molecular weight is 295 g/mol. The number of ether oxygens (including phenoxy) is 1. The molecule has 1 aromatic rings. The number of carbonyl (C=O) groups excluding carboxylic acids is 1. The second-order valence-electron chi connectivity index (χ2n) is 6.38. The summed E-state index contributed by atoms with van der Waals surface area (Å²) in [6.07, 6.45) is 0.0982. The third kappa shape index (κ3) is 3.46. The van der Waals surface area contributed by atoms with Crippen LogP contribution in [0.3, 0.4) is 0 Å². The van der Waals surface area contributed by atoms with Gasteiger partial charge in [0, 0.05) is 18.0 Å². The molecule has 2 unspecified atom stereocenters. The topological polar surface area (TPSA) is 49.8 Å². The van der Waals surface area contributed by atoms with Crippen LogP contribution in [0.1, 0.15) is 38.8 Å². The third-order valence-electron chi connectivity index (χ3n) is 3.60. The molecule has 1 saturated heterocycles. The lowest BCUT2D eigenvalue weighted by Gasteiger charge is -2.30. The molecule has 1 aliphatic rings. The highest BCUT2D eigenvalue weighted by Gasteiger charge is 2.41. The zero-order valence-corrected chi connectivity index (χ0v) is 12.7.